The van der Waals surface area contributed by atoms with Crippen molar-refractivity contribution in [2.75, 3.05) is 19.5 Å². The molecule has 0 bridgehead atoms. The molecule has 1 aromatic rings. The highest BCUT2D eigenvalue weighted by molar-refractivity contribution is 6.31. The summed E-state index contributed by atoms with van der Waals surface area (Å²) in [5.74, 6) is 0.838. The zero-order valence-electron chi connectivity index (χ0n) is 12.1. The van der Waals surface area contributed by atoms with Gasteiger partial charge in [-0.2, -0.15) is 0 Å². The van der Waals surface area contributed by atoms with Crippen LogP contribution in [0.1, 0.15) is 37.0 Å². The van der Waals surface area contributed by atoms with Crippen molar-refractivity contribution in [2.45, 2.75) is 26.7 Å². The molecule has 1 N–H and O–H groups in total. The van der Waals surface area contributed by atoms with Crippen molar-refractivity contribution in [3.05, 3.63) is 28.8 Å². The first-order valence-corrected chi connectivity index (χ1v) is 7.61. The predicted molar refractivity (Wildman–Crippen MR) is 84.1 cm³/mol. The number of carbonyl (C=O) groups excluding carboxylic acids is 1. The molecule has 0 unspecified atom stereocenters. The Kier molecular flexibility index (Phi) is 6.63. The van der Waals surface area contributed by atoms with E-state index in [0.29, 0.717) is 28.8 Å². The summed E-state index contributed by atoms with van der Waals surface area (Å²) in [7, 11) is 1.53. The maximum Gasteiger partial charge on any atom is 0.255 e. The van der Waals surface area contributed by atoms with Gasteiger partial charge >= 0.3 is 0 Å². The molecule has 1 amide bonds. The van der Waals surface area contributed by atoms with Crippen molar-refractivity contribution >= 4 is 29.1 Å². The standard InChI is InChI=1S/C15H21Cl2NO2/c1-4-15(5-2,9-16)10-18-14(19)12-8-11(17)6-7-13(12)20-3/h6-8H,4-5,9-10H2,1-3H3,(H,18,19). The molecule has 5 heteroatoms. The van der Waals surface area contributed by atoms with Crippen LogP contribution in [-0.4, -0.2) is 25.4 Å². The lowest BCUT2D eigenvalue weighted by molar-refractivity contribution is 0.0929. The number of amides is 1. The van der Waals surface area contributed by atoms with Crippen molar-refractivity contribution in [2.24, 2.45) is 5.41 Å². The van der Waals surface area contributed by atoms with E-state index in [1.807, 2.05) is 0 Å². The Labute approximate surface area is 130 Å². The average molecular weight is 318 g/mol. The van der Waals surface area contributed by atoms with Gasteiger partial charge in [0.05, 0.1) is 12.7 Å². The number of carbonyl (C=O) groups is 1. The van der Waals surface area contributed by atoms with Crippen LogP contribution in [0.3, 0.4) is 0 Å². The summed E-state index contributed by atoms with van der Waals surface area (Å²) in [6.45, 7) is 4.70. The van der Waals surface area contributed by atoms with E-state index in [-0.39, 0.29) is 11.3 Å². The molecule has 0 saturated heterocycles. The van der Waals surface area contributed by atoms with Gasteiger partial charge in [0.15, 0.2) is 0 Å². The van der Waals surface area contributed by atoms with Gasteiger partial charge in [-0.3, -0.25) is 4.79 Å². The summed E-state index contributed by atoms with van der Waals surface area (Å²) < 4.78 is 5.19. The second kappa shape index (κ2) is 7.75. The van der Waals surface area contributed by atoms with Crippen LogP contribution in [-0.2, 0) is 0 Å². The number of alkyl halides is 1. The van der Waals surface area contributed by atoms with Crippen LogP contribution in [0, 0.1) is 5.41 Å². The van der Waals surface area contributed by atoms with Gasteiger partial charge in [-0.15, -0.1) is 11.6 Å². The van der Waals surface area contributed by atoms with E-state index in [2.05, 4.69) is 19.2 Å². The minimum atomic E-state index is -0.194. The monoisotopic (exact) mass is 317 g/mol. The predicted octanol–water partition coefficient (Wildman–Crippen LogP) is 4.12. The topological polar surface area (TPSA) is 38.3 Å². The van der Waals surface area contributed by atoms with Gasteiger partial charge in [0.2, 0.25) is 0 Å². The number of ether oxygens (including phenoxy) is 1. The molecule has 0 aliphatic carbocycles. The van der Waals surface area contributed by atoms with E-state index in [1.54, 1.807) is 18.2 Å². The summed E-state index contributed by atoms with van der Waals surface area (Å²) in [4.78, 5) is 12.3. The largest absolute Gasteiger partial charge is 0.496 e. The number of hydrogen-bond acceptors (Lipinski definition) is 2. The Morgan fingerprint density at radius 2 is 2.00 bits per heavy atom. The maximum absolute atomic E-state index is 12.3. The Balaban J connectivity index is 2.84. The Morgan fingerprint density at radius 3 is 2.50 bits per heavy atom. The molecular formula is C15H21Cl2NO2. The molecule has 112 valence electrons. The van der Waals surface area contributed by atoms with Crippen LogP contribution in [0.25, 0.3) is 0 Å². The fourth-order valence-electron chi connectivity index (χ4n) is 1.96. The van der Waals surface area contributed by atoms with Gasteiger partial charge in [-0.1, -0.05) is 25.4 Å². The van der Waals surface area contributed by atoms with Crippen molar-refractivity contribution in [3.63, 3.8) is 0 Å². The summed E-state index contributed by atoms with van der Waals surface area (Å²) >= 11 is 12.0. The third-order valence-electron chi connectivity index (χ3n) is 3.81. The lowest BCUT2D eigenvalue weighted by Gasteiger charge is -2.29. The van der Waals surface area contributed by atoms with Crippen molar-refractivity contribution in [3.8, 4) is 5.75 Å². The first kappa shape index (κ1) is 17.1. The smallest absolute Gasteiger partial charge is 0.255 e. The number of methoxy groups -OCH3 is 1. The van der Waals surface area contributed by atoms with E-state index in [4.69, 9.17) is 27.9 Å². The summed E-state index contributed by atoms with van der Waals surface area (Å²) in [6.07, 6.45) is 1.83. The Hall–Kier alpha value is -0.930. The molecule has 0 atom stereocenters. The molecule has 0 saturated carbocycles. The Morgan fingerprint density at radius 1 is 1.35 bits per heavy atom. The van der Waals surface area contributed by atoms with Crippen molar-refractivity contribution < 1.29 is 9.53 Å². The zero-order valence-corrected chi connectivity index (χ0v) is 13.6. The number of nitrogens with one attached hydrogen (secondary N) is 1. The van der Waals surface area contributed by atoms with Crippen LogP contribution < -0.4 is 10.1 Å². The number of halogens is 2. The molecule has 1 aromatic carbocycles. The van der Waals surface area contributed by atoms with Crippen molar-refractivity contribution in [1.29, 1.82) is 0 Å². The van der Waals surface area contributed by atoms with Crippen LogP contribution in [0.4, 0.5) is 0 Å². The second-order valence-electron chi connectivity index (χ2n) is 4.87. The third kappa shape index (κ3) is 4.03. The van der Waals surface area contributed by atoms with E-state index in [9.17, 15) is 4.79 Å². The quantitative estimate of drug-likeness (QED) is 0.768. The molecule has 0 aliphatic heterocycles. The van der Waals surface area contributed by atoms with Crippen LogP contribution in [0.2, 0.25) is 5.02 Å². The highest BCUT2D eigenvalue weighted by Gasteiger charge is 2.26. The minimum Gasteiger partial charge on any atom is -0.496 e. The van der Waals surface area contributed by atoms with Crippen LogP contribution >= 0.6 is 23.2 Å². The highest BCUT2D eigenvalue weighted by atomic mass is 35.5. The van der Waals surface area contributed by atoms with Gasteiger partial charge in [0.1, 0.15) is 5.75 Å². The first-order valence-electron chi connectivity index (χ1n) is 6.69. The fourth-order valence-corrected chi connectivity index (χ4v) is 2.60. The highest BCUT2D eigenvalue weighted by Crippen LogP contribution is 2.28. The van der Waals surface area contributed by atoms with Gasteiger partial charge in [0, 0.05) is 22.9 Å². The summed E-state index contributed by atoms with van der Waals surface area (Å²) in [5.41, 5.74) is 0.374. The normalized spacial score (nSPS) is 11.2. The molecule has 1 rings (SSSR count). The molecule has 0 aliphatic rings. The number of hydrogen-bond donors (Lipinski definition) is 1. The minimum absolute atomic E-state index is 0.0664. The first-order chi connectivity index (χ1) is 9.51. The molecular weight excluding hydrogens is 297 g/mol. The molecule has 0 heterocycles. The third-order valence-corrected chi connectivity index (χ3v) is 4.62. The fraction of sp³-hybridized carbons (Fsp3) is 0.533. The molecule has 20 heavy (non-hydrogen) atoms. The molecule has 0 radical (unpaired) electrons. The molecule has 3 nitrogen and oxygen atoms in total. The van der Waals surface area contributed by atoms with Gasteiger partial charge < -0.3 is 10.1 Å². The van der Waals surface area contributed by atoms with E-state index in [0.717, 1.165) is 12.8 Å². The van der Waals surface area contributed by atoms with Gasteiger partial charge in [0.25, 0.3) is 5.91 Å². The average Bonchev–Trinajstić information content (AvgIpc) is 2.49. The van der Waals surface area contributed by atoms with Crippen LogP contribution in [0.5, 0.6) is 5.75 Å². The lowest BCUT2D eigenvalue weighted by Crippen LogP contribution is -2.38. The second-order valence-corrected chi connectivity index (χ2v) is 5.57. The van der Waals surface area contributed by atoms with E-state index < -0.39 is 0 Å². The Bertz CT molecular complexity index is 451. The maximum atomic E-state index is 12.3. The molecule has 0 aromatic heterocycles. The number of benzene rings is 1. The van der Waals surface area contributed by atoms with Crippen molar-refractivity contribution in [1.82, 2.24) is 5.32 Å². The zero-order chi connectivity index (χ0) is 15.2. The number of rotatable bonds is 7. The molecule has 0 spiro atoms. The SMILES string of the molecule is CCC(CC)(CCl)CNC(=O)c1cc(Cl)ccc1OC. The van der Waals surface area contributed by atoms with Gasteiger partial charge in [-0.05, 0) is 31.0 Å². The van der Waals surface area contributed by atoms with E-state index >= 15 is 0 Å². The summed E-state index contributed by atoms with van der Waals surface area (Å²) in [5, 5.41) is 3.44. The van der Waals surface area contributed by atoms with Gasteiger partial charge in [-0.25, -0.2) is 0 Å². The van der Waals surface area contributed by atoms with Crippen LogP contribution in [0.15, 0.2) is 18.2 Å². The van der Waals surface area contributed by atoms with E-state index in [1.165, 1.54) is 7.11 Å². The lowest BCUT2D eigenvalue weighted by atomic mass is 9.84. The molecule has 0 fully saturated rings. The summed E-state index contributed by atoms with van der Waals surface area (Å²) in [6, 6.07) is 4.99.